The summed E-state index contributed by atoms with van der Waals surface area (Å²) < 4.78 is 5.51. The molecule has 4 rings (SSSR count). The van der Waals surface area contributed by atoms with Gasteiger partial charge < -0.3 is 4.74 Å². The van der Waals surface area contributed by atoms with Gasteiger partial charge in [-0.25, -0.2) is 4.79 Å². The van der Waals surface area contributed by atoms with Crippen LogP contribution < -0.4 is 5.32 Å². The third-order valence-electron chi connectivity index (χ3n) is 5.47. The Labute approximate surface area is 142 Å². The van der Waals surface area contributed by atoms with Crippen LogP contribution >= 0.6 is 0 Å². The SMILES string of the molecule is CN1CC[C@@H]2C3C=C(OC(=O)Nc4ccccc4)C=CC3N(C)C21. The van der Waals surface area contributed by atoms with Crippen LogP contribution in [-0.2, 0) is 4.74 Å². The molecule has 1 aromatic rings. The molecule has 2 heterocycles. The average molecular weight is 325 g/mol. The molecule has 5 nitrogen and oxygen atoms in total. The Morgan fingerprint density at radius 3 is 2.83 bits per heavy atom. The largest absolute Gasteiger partial charge is 0.417 e. The number of rotatable bonds is 2. The molecule has 0 aromatic heterocycles. The Balaban J connectivity index is 1.45. The third-order valence-corrected chi connectivity index (χ3v) is 5.47. The van der Waals surface area contributed by atoms with E-state index in [-0.39, 0.29) is 0 Å². The minimum absolute atomic E-state index is 0.396. The minimum atomic E-state index is -0.443. The van der Waals surface area contributed by atoms with Crippen LogP contribution in [0, 0.1) is 11.8 Å². The van der Waals surface area contributed by atoms with Crippen molar-refractivity contribution in [2.75, 3.05) is 26.0 Å². The van der Waals surface area contributed by atoms with Gasteiger partial charge in [0.05, 0.1) is 6.17 Å². The summed E-state index contributed by atoms with van der Waals surface area (Å²) in [5.74, 6) is 1.66. The number of para-hydroxylation sites is 1. The van der Waals surface area contributed by atoms with Gasteiger partial charge in [0, 0.05) is 17.6 Å². The van der Waals surface area contributed by atoms with Crippen LogP contribution in [0.5, 0.6) is 0 Å². The van der Waals surface area contributed by atoms with Crippen LogP contribution in [0.2, 0.25) is 0 Å². The molecular weight excluding hydrogens is 302 g/mol. The molecule has 5 heteroatoms. The molecule has 2 saturated heterocycles. The Bertz CT molecular complexity index is 685. The summed E-state index contributed by atoms with van der Waals surface area (Å²) >= 11 is 0. The van der Waals surface area contributed by atoms with Gasteiger partial charge in [0.1, 0.15) is 5.76 Å². The smallest absolute Gasteiger partial charge is 0.410 e. The van der Waals surface area contributed by atoms with E-state index in [0.29, 0.717) is 29.8 Å². The lowest BCUT2D eigenvalue weighted by molar-refractivity contribution is 0.127. The Morgan fingerprint density at radius 1 is 1.25 bits per heavy atom. The van der Waals surface area contributed by atoms with Crippen molar-refractivity contribution in [3.63, 3.8) is 0 Å². The van der Waals surface area contributed by atoms with Crippen LogP contribution in [0.15, 0.2) is 54.3 Å². The third kappa shape index (κ3) is 2.64. The van der Waals surface area contributed by atoms with Gasteiger partial charge in [-0.3, -0.25) is 15.1 Å². The van der Waals surface area contributed by atoms with E-state index in [0.717, 1.165) is 12.2 Å². The van der Waals surface area contributed by atoms with Gasteiger partial charge in [0.25, 0.3) is 0 Å². The van der Waals surface area contributed by atoms with Crippen LogP contribution in [0.25, 0.3) is 0 Å². The monoisotopic (exact) mass is 325 g/mol. The van der Waals surface area contributed by atoms with E-state index >= 15 is 0 Å². The lowest BCUT2D eigenvalue weighted by atomic mass is 9.85. The summed E-state index contributed by atoms with van der Waals surface area (Å²) in [4.78, 5) is 17.0. The molecule has 126 valence electrons. The Kier molecular flexibility index (Phi) is 3.90. The first kappa shape index (κ1) is 15.4. The zero-order chi connectivity index (χ0) is 16.7. The first-order valence-electron chi connectivity index (χ1n) is 8.49. The maximum Gasteiger partial charge on any atom is 0.417 e. The normalized spacial score (nSPS) is 32.2. The van der Waals surface area contributed by atoms with Crippen molar-refractivity contribution in [1.82, 2.24) is 9.80 Å². The minimum Gasteiger partial charge on any atom is -0.410 e. The fraction of sp³-hybridized carbons (Fsp3) is 0.421. The Hall–Kier alpha value is -2.11. The van der Waals surface area contributed by atoms with Gasteiger partial charge in [-0.15, -0.1) is 0 Å². The number of amides is 1. The van der Waals surface area contributed by atoms with Crippen LogP contribution in [0.1, 0.15) is 6.42 Å². The van der Waals surface area contributed by atoms with Gasteiger partial charge in [-0.05, 0) is 57.3 Å². The van der Waals surface area contributed by atoms with Crippen molar-refractivity contribution in [2.45, 2.75) is 18.6 Å². The van der Waals surface area contributed by atoms with Crippen LogP contribution in [0.3, 0.4) is 0 Å². The van der Waals surface area contributed by atoms with Crippen molar-refractivity contribution < 1.29 is 9.53 Å². The molecule has 3 aliphatic rings. The second kappa shape index (κ2) is 6.07. The molecule has 2 fully saturated rings. The van der Waals surface area contributed by atoms with E-state index in [1.807, 2.05) is 36.4 Å². The van der Waals surface area contributed by atoms with Crippen molar-refractivity contribution in [2.24, 2.45) is 11.8 Å². The molecule has 1 amide bonds. The molecule has 24 heavy (non-hydrogen) atoms. The highest BCUT2D eigenvalue weighted by Gasteiger charge is 2.50. The van der Waals surface area contributed by atoms with Crippen molar-refractivity contribution in [3.8, 4) is 0 Å². The van der Waals surface area contributed by atoms with Gasteiger partial charge in [-0.2, -0.15) is 0 Å². The molecule has 1 N–H and O–H groups in total. The van der Waals surface area contributed by atoms with E-state index in [9.17, 15) is 4.79 Å². The van der Waals surface area contributed by atoms with Crippen molar-refractivity contribution in [3.05, 3.63) is 54.3 Å². The van der Waals surface area contributed by atoms with Gasteiger partial charge in [0.15, 0.2) is 0 Å². The molecule has 0 spiro atoms. The summed E-state index contributed by atoms with van der Waals surface area (Å²) in [5.41, 5.74) is 0.735. The summed E-state index contributed by atoms with van der Waals surface area (Å²) in [6, 6.07) is 9.75. The first-order valence-corrected chi connectivity index (χ1v) is 8.49. The number of hydrogen-bond acceptors (Lipinski definition) is 4. The average Bonchev–Trinajstić information content (AvgIpc) is 3.08. The number of ether oxygens (including phenoxy) is 1. The fourth-order valence-corrected chi connectivity index (χ4v) is 4.43. The van der Waals surface area contributed by atoms with Gasteiger partial charge in [0.2, 0.25) is 0 Å². The van der Waals surface area contributed by atoms with E-state index in [1.165, 1.54) is 6.42 Å². The zero-order valence-electron chi connectivity index (χ0n) is 14.1. The van der Waals surface area contributed by atoms with E-state index in [2.05, 4.69) is 41.4 Å². The number of likely N-dealkylation sites (tertiary alicyclic amines) is 2. The summed E-state index contributed by atoms with van der Waals surface area (Å²) in [5, 5.41) is 2.76. The number of fused-ring (bicyclic) bond motifs is 3. The maximum atomic E-state index is 12.1. The number of likely N-dealkylation sites (N-methyl/N-ethyl adjacent to an activating group) is 1. The highest BCUT2D eigenvalue weighted by atomic mass is 16.6. The second-order valence-corrected chi connectivity index (χ2v) is 6.89. The molecule has 0 radical (unpaired) electrons. The van der Waals surface area contributed by atoms with E-state index in [1.54, 1.807) is 0 Å². The quantitative estimate of drug-likeness (QED) is 0.908. The van der Waals surface area contributed by atoms with Crippen molar-refractivity contribution >= 4 is 11.8 Å². The van der Waals surface area contributed by atoms with Crippen LogP contribution in [-0.4, -0.2) is 48.7 Å². The lowest BCUT2D eigenvalue weighted by Crippen LogP contribution is -2.41. The van der Waals surface area contributed by atoms with Gasteiger partial charge >= 0.3 is 6.09 Å². The molecular formula is C19H23N3O2. The molecule has 1 aliphatic carbocycles. The van der Waals surface area contributed by atoms with E-state index in [4.69, 9.17) is 4.74 Å². The first-order chi connectivity index (χ1) is 11.6. The predicted octanol–water partition coefficient (Wildman–Crippen LogP) is 2.90. The second-order valence-electron chi connectivity index (χ2n) is 6.89. The number of nitrogens with one attached hydrogen (secondary N) is 1. The molecule has 2 aliphatic heterocycles. The fourth-order valence-electron chi connectivity index (χ4n) is 4.43. The predicted molar refractivity (Wildman–Crippen MR) is 93.3 cm³/mol. The molecule has 4 atom stereocenters. The maximum absolute atomic E-state index is 12.1. The number of nitrogens with zero attached hydrogens (tertiary/aromatic N) is 2. The molecule has 0 bridgehead atoms. The standard InChI is InChI=1S/C19H23N3O2/c1-21-11-10-15-16-12-14(8-9-17(16)22(2)18(15)21)24-19(23)20-13-6-4-3-5-7-13/h3-9,12,15-18H,10-11H2,1-2H3,(H,20,23)/t15-,16?,17?,18?/m1/s1. The zero-order valence-corrected chi connectivity index (χ0v) is 14.1. The van der Waals surface area contributed by atoms with E-state index < -0.39 is 6.09 Å². The summed E-state index contributed by atoms with van der Waals surface area (Å²) in [7, 11) is 4.38. The molecule has 3 unspecified atom stereocenters. The number of allylic oxidation sites excluding steroid dienone is 1. The number of benzene rings is 1. The highest BCUT2D eigenvalue weighted by Crippen LogP contribution is 2.44. The van der Waals surface area contributed by atoms with Crippen LogP contribution in [0.4, 0.5) is 10.5 Å². The molecule has 1 aromatic carbocycles. The van der Waals surface area contributed by atoms with Gasteiger partial charge in [-0.1, -0.05) is 24.3 Å². The number of anilines is 1. The lowest BCUT2D eigenvalue weighted by Gasteiger charge is -2.29. The molecule has 0 saturated carbocycles. The number of hydrogen-bond donors (Lipinski definition) is 1. The topological polar surface area (TPSA) is 44.8 Å². The number of carbonyl (C=O) groups excluding carboxylic acids is 1. The summed E-state index contributed by atoms with van der Waals surface area (Å²) in [6.45, 7) is 1.13. The number of carbonyl (C=O) groups is 1. The van der Waals surface area contributed by atoms with Crippen molar-refractivity contribution in [1.29, 1.82) is 0 Å². The Morgan fingerprint density at radius 2 is 2.04 bits per heavy atom. The summed E-state index contributed by atoms with van der Waals surface area (Å²) in [6.07, 6.45) is 7.46. The highest BCUT2D eigenvalue weighted by molar-refractivity contribution is 5.85.